The van der Waals surface area contributed by atoms with Gasteiger partial charge in [0.25, 0.3) is 0 Å². The Balaban J connectivity index is 1.45. The van der Waals surface area contributed by atoms with E-state index in [9.17, 15) is 9.18 Å². The van der Waals surface area contributed by atoms with Crippen LogP contribution >= 0.6 is 11.6 Å². The summed E-state index contributed by atoms with van der Waals surface area (Å²) in [7, 11) is 0. The fourth-order valence-electron chi connectivity index (χ4n) is 3.25. The third-order valence-electron chi connectivity index (χ3n) is 4.47. The van der Waals surface area contributed by atoms with Crippen LogP contribution in [0.25, 0.3) is 0 Å². The smallest absolute Gasteiger partial charge is 0.220 e. The molecule has 1 heterocycles. The first-order chi connectivity index (χ1) is 11.1. The van der Waals surface area contributed by atoms with Crippen LogP contribution in [0.15, 0.2) is 18.2 Å². The topological polar surface area (TPSA) is 47.6 Å². The van der Waals surface area contributed by atoms with Gasteiger partial charge in [-0.25, -0.2) is 4.39 Å². The van der Waals surface area contributed by atoms with Crippen LogP contribution in [-0.2, 0) is 20.7 Å². The van der Waals surface area contributed by atoms with Crippen LogP contribution in [-0.4, -0.2) is 37.4 Å². The summed E-state index contributed by atoms with van der Waals surface area (Å²) in [5.41, 5.74) is 0.773. The lowest BCUT2D eigenvalue weighted by Crippen LogP contribution is -2.49. The van der Waals surface area contributed by atoms with Crippen molar-refractivity contribution in [3.8, 4) is 0 Å². The van der Waals surface area contributed by atoms with E-state index in [0.29, 0.717) is 26.1 Å². The van der Waals surface area contributed by atoms with Crippen LogP contribution in [0.4, 0.5) is 4.39 Å². The zero-order chi connectivity index (χ0) is 16.2. The van der Waals surface area contributed by atoms with Gasteiger partial charge in [0.05, 0.1) is 30.4 Å². The van der Waals surface area contributed by atoms with Crippen molar-refractivity contribution in [2.75, 3.05) is 13.2 Å². The number of nitrogens with one attached hydrogen (secondary N) is 1. The van der Waals surface area contributed by atoms with Crippen molar-refractivity contribution >= 4 is 17.5 Å². The Hall–Kier alpha value is -1.17. The number of halogens is 2. The molecule has 0 aromatic heterocycles. The number of rotatable bonds is 4. The van der Waals surface area contributed by atoms with Gasteiger partial charge in [-0.15, -0.1) is 0 Å². The lowest BCUT2D eigenvalue weighted by Gasteiger charge is -2.39. The maximum Gasteiger partial charge on any atom is 0.220 e. The summed E-state index contributed by atoms with van der Waals surface area (Å²) >= 11 is 5.65. The van der Waals surface area contributed by atoms with Gasteiger partial charge in [-0.3, -0.25) is 4.79 Å². The van der Waals surface area contributed by atoms with Crippen LogP contribution in [0.2, 0.25) is 5.02 Å². The average Bonchev–Trinajstić information content (AvgIpc) is 2.56. The zero-order valence-corrected chi connectivity index (χ0v) is 13.7. The molecule has 0 spiro atoms. The minimum Gasteiger partial charge on any atom is -0.373 e. The molecule has 23 heavy (non-hydrogen) atoms. The molecule has 2 aliphatic rings. The highest BCUT2D eigenvalue weighted by Crippen LogP contribution is 2.26. The summed E-state index contributed by atoms with van der Waals surface area (Å²) in [5.74, 6) is -0.460. The number of aryl methyl sites for hydroxylation is 1. The fraction of sp³-hybridized carbons (Fsp3) is 0.588. The van der Waals surface area contributed by atoms with Crippen molar-refractivity contribution in [3.63, 3.8) is 0 Å². The zero-order valence-electron chi connectivity index (χ0n) is 12.9. The SMILES string of the molecule is O=C(CCc1ccc(Cl)c(F)c1)NC1CCC2OCCOC2C1. The maximum atomic E-state index is 13.4. The average molecular weight is 342 g/mol. The Morgan fingerprint density at radius 1 is 1.26 bits per heavy atom. The fourth-order valence-corrected chi connectivity index (χ4v) is 3.37. The molecule has 126 valence electrons. The van der Waals surface area contributed by atoms with Crippen molar-refractivity contribution < 1.29 is 18.7 Å². The van der Waals surface area contributed by atoms with Gasteiger partial charge in [0.15, 0.2) is 0 Å². The number of hydrogen-bond acceptors (Lipinski definition) is 3. The molecule has 4 nitrogen and oxygen atoms in total. The molecule has 2 fully saturated rings. The maximum absolute atomic E-state index is 13.4. The minimum absolute atomic E-state index is 0.0134. The molecule has 0 bridgehead atoms. The number of amides is 1. The second-order valence-electron chi connectivity index (χ2n) is 6.14. The Labute approximate surface area is 140 Å². The summed E-state index contributed by atoms with van der Waals surface area (Å²) in [6.45, 7) is 1.29. The van der Waals surface area contributed by atoms with E-state index in [2.05, 4.69) is 5.32 Å². The first kappa shape index (κ1) is 16.7. The third kappa shape index (κ3) is 4.43. The normalized spacial score (nSPS) is 27.3. The largest absolute Gasteiger partial charge is 0.373 e. The summed E-state index contributed by atoms with van der Waals surface area (Å²) < 4.78 is 24.8. The molecule has 3 atom stereocenters. The first-order valence-corrected chi connectivity index (χ1v) is 8.46. The standard InChI is InChI=1S/C17H21ClFNO3/c18-13-4-1-11(9-14(13)19)2-6-17(21)20-12-3-5-15-16(10-12)23-8-7-22-15/h1,4,9,12,15-16H,2-3,5-8,10H2,(H,20,21). The molecule has 1 amide bonds. The van der Waals surface area contributed by atoms with Gasteiger partial charge in [-0.05, 0) is 43.4 Å². The molecular formula is C17H21ClFNO3. The van der Waals surface area contributed by atoms with Gasteiger partial charge >= 0.3 is 0 Å². The van der Waals surface area contributed by atoms with Crippen molar-refractivity contribution in [3.05, 3.63) is 34.6 Å². The number of carbonyl (C=O) groups is 1. The van der Waals surface area contributed by atoms with Gasteiger partial charge in [0.1, 0.15) is 5.82 Å². The minimum atomic E-state index is -0.447. The van der Waals surface area contributed by atoms with E-state index in [-0.39, 0.29) is 29.2 Å². The number of carbonyl (C=O) groups excluding carboxylic acids is 1. The quantitative estimate of drug-likeness (QED) is 0.916. The van der Waals surface area contributed by atoms with Crippen LogP contribution in [0.3, 0.4) is 0 Å². The van der Waals surface area contributed by atoms with E-state index in [0.717, 1.165) is 24.8 Å². The van der Waals surface area contributed by atoms with Gasteiger partial charge in [-0.1, -0.05) is 17.7 Å². The van der Waals surface area contributed by atoms with E-state index in [1.54, 1.807) is 6.07 Å². The molecule has 0 radical (unpaired) electrons. The van der Waals surface area contributed by atoms with E-state index in [1.807, 2.05) is 0 Å². The summed E-state index contributed by atoms with van der Waals surface area (Å²) in [6, 6.07) is 4.78. The number of hydrogen-bond donors (Lipinski definition) is 1. The van der Waals surface area contributed by atoms with Crippen molar-refractivity contribution in [1.29, 1.82) is 0 Å². The van der Waals surface area contributed by atoms with Crippen molar-refractivity contribution in [2.24, 2.45) is 0 Å². The molecule has 1 saturated carbocycles. The van der Waals surface area contributed by atoms with Gasteiger partial charge in [0.2, 0.25) is 5.91 Å². The van der Waals surface area contributed by atoms with Gasteiger partial charge in [0, 0.05) is 12.5 Å². The summed E-state index contributed by atoms with van der Waals surface area (Å²) in [5, 5.41) is 3.16. The van der Waals surface area contributed by atoms with Crippen LogP contribution < -0.4 is 5.32 Å². The predicted octanol–water partition coefficient (Wildman–Crippen LogP) is 2.86. The van der Waals surface area contributed by atoms with Crippen LogP contribution in [0, 0.1) is 5.82 Å². The number of fused-ring (bicyclic) bond motifs is 1. The van der Waals surface area contributed by atoms with E-state index in [1.165, 1.54) is 12.1 Å². The van der Waals surface area contributed by atoms with Crippen LogP contribution in [0.1, 0.15) is 31.2 Å². The lowest BCUT2D eigenvalue weighted by molar-refractivity contribution is -0.158. The molecule has 1 aliphatic carbocycles. The highest BCUT2D eigenvalue weighted by molar-refractivity contribution is 6.30. The van der Waals surface area contributed by atoms with E-state index < -0.39 is 5.82 Å². The Kier molecular flexibility index (Phi) is 5.51. The second kappa shape index (κ2) is 7.60. The first-order valence-electron chi connectivity index (χ1n) is 8.08. The van der Waals surface area contributed by atoms with Crippen LogP contribution in [0.5, 0.6) is 0 Å². The predicted molar refractivity (Wildman–Crippen MR) is 85.0 cm³/mol. The molecule has 1 N–H and O–H groups in total. The van der Waals surface area contributed by atoms with E-state index >= 15 is 0 Å². The molecule has 1 aliphatic heterocycles. The molecule has 1 aromatic rings. The summed E-state index contributed by atoms with van der Waals surface area (Å²) in [4.78, 5) is 12.1. The lowest BCUT2D eigenvalue weighted by atomic mass is 9.89. The molecule has 6 heteroatoms. The number of benzene rings is 1. The summed E-state index contributed by atoms with van der Waals surface area (Å²) in [6.07, 6.45) is 3.72. The second-order valence-corrected chi connectivity index (χ2v) is 6.55. The Morgan fingerprint density at radius 3 is 2.83 bits per heavy atom. The van der Waals surface area contributed by atoms with Gasteiger partial charge in [-0.2, -0.15) is 0 Å². The highest BCUT2D eigenvalue weighted by atomic mass is 35.5. The van der Waals surface area contributed by atoms with Crippen molar-refractivity contribution in [2.45, 2.75) is 50.4 Å². The number of ether oxygens (including phenoxy) is 2. The molecule has 3 unspecified atom stereocenters. The highest BCUT2D eigenvalue weighted by Gasteiger charge is 2.34. The monoisotopic (exact) mass is 341 g/mol. The van der Waals surface area contributed by atoms with Gasteiger partial charge < -0.3 is 14.8 Å². The molecular weight excluding hydrogens is 321 g/mol. The molecule has 1 aromatic carbocycles. The van der Waals surface area contributed by atoms with E-state index in [4.69, 9.17) is 21.1 Å². The Morgan fingerprint density at radius 2 is 2.04 bits per heavy atom. The van der Waals surface area contributed by atoms with Crippen molar-refractivity contribution in [1.82, 2.24) is 5.32 Å². The molecule has 1 saturated heterocycles. The molecule has 3 rings (SSSR count). The Bertz CT molecular complexity index is 569. The third-order valence-corrected chi connectivity index (χ3v) is 4.77.